The van der Waals surface area contributed by atoms with E-state index in [0.717, 1.165) is 28.7 Å². The van der Waals surface area contributed by atoms with Crippen LogP contribution in [0.1, 0.15) is 30.9 Å². The van der Waals surface area contributed by atoms with Crippen molar-refractivity contribution >= 4 is 27.7 Å². The standard InChI is InChI=1S/C23H23N3O5S/c1-3-15-6-7-18(14-20(15)32(2,29)30)23-24-22(25-31-23)17-8-9-19-16(13-17)10-11-26(19)21(28)5-4-12-27/h6-9,12-14H,3-5,10-11H2,1-2H3. The zero-order valence-corrected chi connectivity index (χ0v) is 18.7. The van der Waals surface area contributed by atoms with E-state index in [9.17, 15) is 18.0 Å². The lowest BCUT2D eigenvalue weighted by Gasteiger charge is -2.16. The Labute approximate surface area is 186 Å². The van der Waals surface area contributed by atoms with Crippen LogP contribution < -0.4 is 4.90 Å². The number of aryl methyl sites for hydroxylation is 1. The van der Waals surface area contributed by atoms with E-state index in [1.54, 1.807) is 23.1 Å². The number of benzene rings is 2. The van der Waals surface area contributed by atoms with Crippen molar-refractivity contribution in [1.29, 1.82) is 0 Å². The van der Waals surface area contributed by atoms with Crippen LogP contribution in [0.5, 0.6) is 0 Å². The summed E-state index contributed by atoms with van der Waals surface area (Å²) in [6, 6.07) is 10.7. The van der Waals surface area contributed by atoms with Gasteiger partial charge in [-0.25, -0.2) is 8.42 Å². The normalized spacial score (nSPS) is 13.2. The molecule has 0 radical (unpaired) electrons. The van der Waals surface area contributed by atoms with Crippen molar-refractivity contribution < 1.29 is 22.5 Å². The molecule has 0 fully saturated rings. The molecule has 0 atom stereocenters. The van der Waals surface area contributed by atoms with Crippen molar-refractivity contribution in [1.82, 2.24) is 10.1 Å². The van der Waals surface area contributed by atoms with Gasteiger partial charge in [0.1, 0.15) is 6.29 Å². The zero-order chi connectivity index (χ0) is 22.9. The number of fused-ring (bicyclic) bond motifs is 1. The molecule has 1 amide bonds. The molecule has 0 aliphatic carbocycles. The molecule has 0 saturated carbocycles. The van der Waals surface area contributed by atoms with Crippen LogP contribution in [-0.2, 0) is 32.3 Å². The molecule has 9 heteroatoms. The molecular formula is C23H23N3O5S. The van der Waals surface area contributed by atoms with Crippen molar-refractivity contribution in [3.8, 4) is 22.8 Å². The average molecular weight is 454 g/mol. The van der Waals surface area contributed by atoms with Crippen LogP contribution in [0, 0.1) is 0 Å². The Bertz CT molecular complexity index is 1300. The molecule has 0 saturated heterocycles. The molecule has 3 aromatic rings. The molecule has 0 bridgehead atoms. The van der Waals surface area contributed by atoms with Crippen molar-refractivity contribution in [3.05, 3.63) is 47.5 Å². The quantitative estimate of drug-likeness (QED) is 0.505. The fourth-order valence-corrected chi connectivity index (χ4v) is 4.93. The fourth-order valence-electron chi connectivity index (χ4n) is 3.90. The molecule has 0 spiro atoms. The molecule has 0 unspecified atom stereocenters. The minimum atomic E-state index is -3.39. The number of hydrogen-bond donors (Lipinski definition) is 0. The third kappa shape index (κ3) is 4.20. The second-order valence-corrected chi connectivity index (χ2v) is 9.70. The summed E-state index contributed by atoms with van der Waals surface area (Å²) in [6.07, 6.45) is 3.65. The predicted molar refractivity (Wildman–Crippen MR) is 119 cm³/mol. The number of nitrogens with zero attached hydrogens (tertiary/aromatic N) is 3. The van der Waals surface area contributed by atoms with Gasteiger partial charge in [-0.3, -0.25) is 4.79 Å². The summed E-state index contributed by atoms with van der Waals surface area (Å²) in [4.78, 5) is 29.3. The maximum absolute atomic E-state index is 12.3. The van der Waals surface area contributed by atoms with Crippen LogP contribution in [0.4, 0.5) is 5.69 Å². The number of hydrogen-bond acceptors (Lipinski definition) is 7. The molecule has 2 heterocycles. The van der Waals surface area contributed by atoms with Gasteiger partial charge in [0.25, 0.3) is 5.89 Å². The van der Waals surface area contributed by atoms with Crippen LogP contribution in [0.15, 0.2) is 45.8 Å². The molecular weight excluding hydrogens is 430 g/mol. The summed E-state index contributed by atoms with van der Waals surface area (Å²) >= 11 is 0. The zero-order valence-electron chi connectivity index (χ0n) is 17.9. The molecule has 1 aliphatic heterocycles. The van der Waals surface area contributed by atoms with Gasteiger partial charge in [0.05, 0.1) is 4.90 Å². The van der Waals surface area contributed by atoms with Gasteiger partial charge in [-0.05, 0) is 54.3 Å². The minimum Gasteiger partial charge on any atom is -0.334 e. The van der Waals surface area contributed by atoms with Gasteiger partial charge in [0.15, 0.2) is 9.84 Å². The second-order valence-electron chi connectivity index (χ2n) is 7.72. The Kier molecular flexibility index (Phi) is 5.92. The van der Waals surface area contributed by atoms with Crippen LogP contribution in [0.2, 0.25) is 0 Å². The molecule has 1 aromatic heterocycles. The number of carbonyl (C=O) groups excluding carboxylic acids is 2. The number of aldehydes is 1. The SMILES string of the molecule is CCc1ccc(-c2nc(-c3ccc4c(c3)CCN4C(=O)CCC=O)no2)cc1S(C)(=O)=O. The largest absolute Gasteiger partial charge is 0.334 e. The molecule has 4 rings (SSSR count). The van der Waals surface area contributed by atoms with E-state index >= 15 is 0 Å². The highest BCUT2D eigenvalue weighted by Gasteiger charge is 2.25. The maximum Gasteiger partial charge on any atom is 0.258 e. The Hall–Kier alpha value is -3.33. The maximum atomic E-state index is 12.3. The van der Waals surface area contributed by atoms with Gasteiger partial charge in [0, 0.05) is 42.5 Å². The van der Waals surface area contributed by atoms with E-state index in [4.69, 9.17) is 4.52 Å². The number of aromatic nitrogens is 2. The number of sulfone groups is 1. The van der Waals surface area contributed by atoms with Gasteiger partial charge in [-0.15, -0.1) is 0 Å². The molecule has 32 heavy (non-hydrogen) atoms. The number of rotatable bonds is 7. The highest BCUT2D eigenvalue weighted by Crippen LogP contribution is 2.33. The Morgan fingerprint density at radius 2 is 1.97 bits per heavy atom. The third-order valence-electron chi connectivity index (χ3n) is 5.53. The third-order valence-corrected chi connectivity index (χ3v) is 6.71. The smallest absolute Gasteiger partial charge is 0.258 e. The second kappa shape index (κ2) is 8.66. The average Bonchev–Trinajstić information content (AvgIpc) is 3.43. The monoisotopic (exact) mass is 453 g/mol. The van der Waals surface area contributed by atoms with Crippen LogP contribution >= 0.6 is 0 Å². The lowest BCUT2D eigenvalue weighted by Crippen LogP contribution is -2.28. The lowest BCUT2D eigenvalue weighted by atomic mass is 10.1. The van der Waals surface area contributed by atoms with Crippen molar-refractivity contribution in [2.45, 2.75) is 37.5 Å². The minimum absolute atomic E-state index is 0.0670. The van der Waals surface area contributed by atoms with E-state index in [1.165, 1.54) is 6.26 Å². The Balaban J connectivity index is 1.62. The highest BCUT2D eigenvalue weighted by atomic mass is 32.2. The number of anilines is 1. The summed E-state index contributed by atoms with van der Waals surface area (Å²) in [5.41, 5.74) is 3.85. The first kappa shape index (κ1) is 21.9. The molecule has 0 N–H and O–H groups in total. The molecule has 166 valence electrons. The van der Waals surface area contributed by atoms with E-state index < -0.39 is 9.84 Å². The number of carbonyl (C=O) groups is 2. The predicted octanol–water partition coefficient (Wildman–Crippen LogP) is 3.24. The summed E-state index contributed by atoms with van der Waals surface area (Å²) in [5, 5.41) is 4.06. The Morgan fingerprint density at radius 3 is 2.69 bits per heavy atom. The highest BCUT2D eigenvalue weighted by molar-refractivity contribution is 7.90. The lowest BCUT2D eigenvalue weighted by molar-refractivity contribution is -0.120. The van der Waals surface area contributed by atoms with E-state index in [-0.39, 0.29) is 29.5 Å². The molecule has 8 nitrogen and oxygen atoms in total. The van der Waals surface area contributed by atoms with Crippen molar-refractivity contribution in [2.24, 2.45) is 0 Å². The van der Waals surface area contributed by atoms with Gasteiger partial charge in [-0.2, -0.15) is 4.98 Å². The summed E-state index contributed by atoms with van der Waals surface area (Å²) < 4.78 is 29.7. The first-order valence-electron chi connectivity index (χ1n) is 10.4. The van der Waals surface area contributed by atoms with Crippen LogP contribution in [-0.4, -0.2) is 43.6 Å². The van der Waals surface area contributed by atoms with Gasteiger partial charge < -0.3 is 14.2 Å². The topological polar surface area (TPSA) is 110 Å². The van der Waals surface area contributed by atoms with Crippen LogP contribution in [0.25, 0.3) is 22.8 Å². The van der Waals surface area contributed by atoms with Gasteiger partial charge in [-0.1, -0.05) is 18.1 Å². The number of amides is 1. The molecule has 1 aliphatic rings. The first-order chi connectivity index (χ1) is 15.3. The summed E-state index contributed by atoms with van der Waals surface area (Å²) in [7, 11) is -3.39. The van der Waals surface area contributed by atoms with Crippen LogP contribution in [0.3, 0.4) is 0 Å². The van der Waals surface area contributed by atoms with Crippen molar-refractivity contribution in [2.75, 3.05) is 17.7 Å². The van der Waals surface area contributed by atoms with E-state index in [2.05, 4.69) is 10.1 Å². The summed E-state index contributed by atoms with van der Waals surface area (Å²) in [6.45, 7) is 2.48. The molecule has 2 aromatic carbocycles. The van der Waals surface area contributed by atoms with E-state index in [0.29, 0.717) is 30.8 Å². The van der Waals surface area contributed by atoms with Crippen molar-refractivity contribution in [3.63, 3.8) is 0 Å². The Morgan fingerprint density at radius 1 is 1.19 bits per heavy atom. The fraction of sp³-hybridized carbons (Fsp3) is 0.304. The van der Waals surface area contributed by atoms with Gasteiger partial charge >= 0.3 is 0 Å². The summed E-state index contributed by atoms with van der Waals surface area (Å²) in [5.74, 6) is 0.551. The van der Waals surface area contributed by atoms with Gasteiger partial charge in [0.2, 0.25) is 11.7 Å². The first-order valence-corrected chi connectivity index (χ1v) is 12.2. The van der Waals surface area contributed by atoms with E-state index in [1.807, 2.05) is 25.1 Å².